The van der Waals surface area contributed by atoms with Gasteiger partial charge in [-0.3, -0.25) is 14.4 Å². The molecule has 240 valence electrons. The predicted molar refractivity (Wildman–Crippen MR) is 184 cm³/mol. The molecule has 0 amide bonds. The Morgan fingerprint density at radius 3 is 2.21 bits per heavy atom. The van der Waals surface area contributed by atoms with Crippen LogP contribution in [0.3, 0.4) is 0 Å². The third-order valence-electron chi connectivity index (χ3n) is 9.22. The minimum atomic E-state index is -0.0942. The maximum atomic E-state index is 13.8. The molecular formula is C40H62O3. The molecule has 2 aliphatic carbocycles. The number of carbonyl (C=O) groups is 3. The number of hydrogen-bond donors (Lipinski definition) is 0. The van der Waals surface area contributed by atoms with E-state index in [0.29, 0.717) is 17.8 Å². The highest BCUT2D eigenvalue weighted by molar-refractivity contribution is 6.02. The summed E-state index contributed by atoms with van der Waals surface area (Å²) in [6.45, 7) is 23.5. The van der Waals surface area contributed by atoms with Gasteiger partial charge in [-0.15, -0.1) is 0 Å². The molecule has 0 spiro atoms. The van der Waals surface area contributed by atoms with E-state index < -0.39 is 0 Å². The number of hydrogen-bond acceptors (Lipinski definition) is 3. The highest BCUT2D eigenvalue weighted by Crippen LogP contribution is 2.43. The van der Waals surface area contributed by atoms with Gasteiger partial charge in [0.25, 0.3) is 0 Å². The van der Waals surface area contributed by atoms with Gasteiger partial charge in [0, 0.05) is 17.9 Å². The first-order valence-electron chi connectivity index (χ1n) is 17.3. The van der Waals surface area contributed by atoms with Crippen LogP contribution in [-0.4, -0.2) is 17.3 Å². The molecule has 0 radical (unpaired) electrons. The maximum absolute atomic E-state index is 13.8. The van der Waals surface area contributed by atoms with Gasteiger partial charge in [0.05, 0.1) is 6.42 Å². The Balaban J connectivity index is 0.00000206. The van der Waals surface area contributed by atoms with Crippen molar-refractivity contribution in [2.75, 3.05) is 0 Å². The number of Topliss-reactive ketones (excluding diaryl/α,β-unsaturated/α-hetero) is 3. The average Bonchev–Trinajstić information content (AvgIpc) is 3.36. The number of rotatable bonds is 13. The molecule has 0 saturated carbocycles. The first kappa shape index (κ1) is 36.9. The second kappa shape index (κ2) is 16.7. The van der Waals surface area contributed by atoms with Gasteiger partial charge in [-0.2, -0.15) is 0 Å². The molecule has 0 N–H and O–H groups in total. The van der Waals surface area contributed by atoms with Crippen molar-refractivity contribution in [2.45, 2.75) is 153 Å². The zero-order valence-corrected chi connectivity index (χ0v) is 29.5. The van der Waals surface area contributed by atoms with Gasteiger partial charge in [0.1, 0.15) is 11.6 Å². The van der Waals surface area contributed by atoms with Crippen molar-refractivity contribution >= 4 is 22.9 Å². The first-order chi connectivity index (χ1) is 20.2. The van der Waals surface area contributed by atoms with Crippen molar-refractivity contribution in [3.63, 3.8) is 0 Å². The van der Waals surface area contributed by atoms with E-state index in [-0.39, 0.29) is 41.5 Å². The van der Waals surface area contributed by atoms with E-state index in [1.165, 1.54) is 47.6 Å². The van der Waals surface area contributed by atoms with Crippen LogP contribution in [-0.2, 0) is 16.0 Å². The number of carbonyl (C=O) groups excluding carboxylic acids is 3. The molecule has 0 heterocycles. The Bertz CT molecular complexity index is 1190. The van der Waals surface area contributed by atoms with Crippen LogP contribution < -0.4 is 0 Å². The Labute approximate surface area is 264 Å². The number of allylic oxidation sites excluding steroid dienone is 4. The lowest BCUT2D eigenvalue weighted by molar-refractivity contribution is -0.129. The largest absolute Gasteiger partial charge is 0.300 e. The summed E-state index contributed by atoms with van der Waals surface area (Å²) in [6.07, 6.45) is 14.2. The second-order valence-corrected chi connectivity index (χ2v) is 14.9. The first-order valence-corrected chi connectivity index (χ1v) is 17.3. The van der Waals surface area contributed by atoms with Gasteiger partial charge in [-0.05, 0) is 103 Å². The molecule has 43 heavy (non-hydrogen) atoms. The molecule has 2 aliphatic rings. The van der Waals surface area contributed by atoms with Crippen LogP contribution in [0.15, 0.2) is 23.8 Å². The van der Waals surface area contributed by atoms with Crippen LogP contribution in [0.4, 0.5) is 0 Å². The molecule has 0 saturated heterocycles. The number of benzene rings is 1. The van der Waals surface area contributed by atoms with E-state index in [4.69, 9.17) is 0 Å². The highest BCUT2D eigenvalue weighted by Gasteiger charge is 2.35. The van der Waals surface area contributed by atoms with Crippen LogP contribution in [0.5, 0.6) is 0 Å². The van der Waals surface area contributed by atoms with Crippen LogP contribution in [0.1, 0.15) is 172 Å². The lowest BCUT2D eigenvalue weighted by atomic mass is 9.70. The van der Waals surface area contributed by atoms with Gasteiger partial charge >= 0.3 is 0 Å². The van der Waals surface area contributed by atoms with Crippen molar-refractivity contribution in [3.05, 3.63) is 51.6 Å². The van der Waals surface area contributed by atoms with E-state index in [0.717, 1.165) is 56.1 Å². The molecule has 1 aromatic carbocycles. The predicted octanol–water partition coefficient (Wildman–Crippen LogP) is 11.2. The summed E-state index contributed by atoms with van der Waals surface area (Å²) in [5.41, 5.74) is 9.08. The minimum absolute atomic E-state index is 0.0350. The van der Waals surface area contributed by atoms with E-state index in [9.17, 15) is 14.4 Å². The summed E-state index contributed by atoms with van der Waals surface area (Å²) in [6, 6.07) is 2.38. The van der Waals surface area contributed by atoms with E-state index in [2.05, 4.69) is 87.5 Å². The Morgan fingerprint density at radius 1 is 1.02 bits per heavy atom. The standard InChI is InChI=1S/C37H54O3.C3H8/c1-10-12-28(30(11-2)34(39)17-24(5)38)19-27-20-33-31(23(3)4)22-32(25(6)36(33)35(40)21-27)29-14-13-26(18-29)15-16-37(7,8)9;1-3-2/h13-14,22-23,27-28,30H,10-12,15-21H2,1-9H3;3H2,1-2H3. The molecule has 3 nitrogen and oxygen atoms in total. The molecule has 0 aromatic heterocycles. The molecular weight excluding hydrogens is 528 g/mol. The molecule has 1 aromatic rings. The summed E-state index contributed by atoms with van der Waals surface area (Å²) < 4.78 is 0. The third-order valence-corrected chi connectivity index (χ3v) is 9.22. The zero-order chi connectivity index (χ0) is 32.5. The van der Waals surface area contributed by atoms with Crippen molar-refractivity contribution in [1.29, 1.82) is 0 Å². The smallest absolute Gasteiger partial charge is 0.163 e. The van der Waals surface area contributed by atoms with E-state index >= 15 is 0 Å². The monoisotopic (exact) mass is 590 g/mol. The van der Waals surface area contributed by atoms with Gasteiger partial charge in [-0.1, -0.05) is 105 Å². The molecule has 3 rings (SSSR count). The second-order valence-electron chi connectivity index (χ2n) is 14.9. The highest BCUT2D eigenvalue weighted by atomic mass is 16.1. The van der Waals surface area contributed by atoms with Gasteiger partial charge in [0.2, 0.25) is 0 Å². The van der Waals surface area contributed by atoms with Crippen molar-refractivity contribution in [1.82, 2.24) is 0 Å². The molecule has 3 unspecified atom stereocenters. The Kier molecular flexibility index (Phi) is 14.3. The number of ketones is 3. The number of fused-ring (bicyclic) bond motifs is 1. The summed E-state index contributed by atoms with van der Waals surface area (Å²) >= 11 is 0. The van der Waals surface area contributed by atoms with Crippen LogP contribution in [0.25, 0.3) is 5.57 Å². The van der Waals surface area contributed by atoms with E-state index in [1.807, 2.05) is 0 Å². The SMILES string of the molecule is CCC.CCCC(CC1CC(=O)c2c(C)c(C3=CC=C(CCC(C)(C)C)C3)cc(C(C)C)c2C1)C(CC)C(=O)CC(C)=O. The summed E-state index contributed by atoms with van der Waals surface area (Å²) in [7, 11) is 0. The molecule has 3 atom stereocenters. The lowest BCUT2D eigenvalue weighted by Gasteiger charge is -2.33. The molecule has 0 fully saturated rings. The lowest BCUT2D eigenvalue weighted by Crippen LogP contribution is -2.30. The average molecular weight is 591 g/mol. The van der Waals surface area contributed by atoms with E-state index in [1.54, 1.807) is 0 Å². The fourth-order valence-electron chi connectivity index (χ4n) is 7.15. The van der Waals surface area contributed by atoms with Crippen molar-refractivity contribution in [2.24, 2.45) is 23.2 Å². The maximum Gasteiger partial charge on any atom is 0.163 e. The molecule has 0 aliphatic heterocycles. The topological polar surface area (TPSA) is 51.2 Å². The Hall–Kier alpha value is -2.29. The van der Waals surface area contributed by atoms with Crippen molar-refractivity contribution in [3.8, 4) is 0 Å². The summed E-state index contributed by atoms with van der Waals surface area (Å²) in [5, 5.41) is 0. The fourth-order valence-corrected chi connectivity index (χ4v) is 7.15. The fraction of sp³-hybridized carbons (Fsp3) is 0.675. The van der Waals surface area contributed by atoms with Gasteiger partial charge in [0.15, 0.2) is 5.78 Å². The van der Waals surface area contributed by atoms with Crippen LogP contribution in [0, 0.1) is 30.1 Å². The molecule has 0 bridgehead atoms. The summed E-state index contributed by atoms with van der Waals surface area (Å²) in [5.74, 6) is 1.01. The zero-order valence-electron chi connectivity index (χ0n) is 29.5. The molecule has 3 heteroatoms. The summed E-state index contributed by atoms with van der Waals surface area (Å²) in [4.78, 5) is 38.5. The normalized spacial score (nSPS) is 18.0. The van der Waals surface area contributed by atoms with Crippen molar-refractivity contribution < 1.29 is 14.4 Å². The minimum Gasteiger partial charge on any atom is -0.300 e. The Morgan fingerprint density at radius 2 is 1.67 bits per heavy atom. The van der Waals surface area contributed by atoms with Crippen LogP contribution in [0.2, 0.25) is 0 Å². The van der Waals surface area contributed by atoms with Gasteiger partial charge in [-0.25, -0.2) is 0 Å². The third kappa shape index (κ3) is 10.4. The quantitative estimate of drug-likeness (QED) is 0.215. The van der Waals surface area contributed by atoms with Crippen LogP contribution >= 0.6 is 0 Å². The van der Waals surface area contributed by atoms with Gasteiger partial charge < -0.3 is 0 Å².